The molecule has 2 heterocycles. The highest BCUT2D eigenvalue weighted by molar-refractivity contribution is 5.72. The monoisotopic (exact) mass is 278 g/mol. The smallest absolute Gasteiger partial charge is 0.133 e. The number of benzene rings is 2. The molecule has 2 aliphatic heterocycles. The van der Waals surface area contributed by atoms with Crippen LogP contribution in [-0.2, 0) is 4.74 Å². The number of hydrogen-bond donors (Lipinski definition) is 0. The van der Waals surface area contributed by atoms with E-state index in [2.05, 4.69) is 43.3 Å². The average Bonchev–Trinajstić information content (AvgIpc) is 2.55. The van der Waals surface area contributed by atoms with Crippen LogP contribution in [0, 0.1) is 0 Å². The first-order chi connectivity index (χ1) is 10.3. The topological polar surface area (TPSA) is 18.5 Å². The summed E-state index contributed by atoms with van der Waals surface area (Å²) >= 11 is 0. The molecule has 0 radical (unpaired) electrons. The SMILES string of the molecule is C[C@@H]1C[C@@H](c2ccccc2)C2=C(O1)c1ccccc1OC2. The van der Waals surface area contributed by atoms with Crippen LogP contribution in [0.2, 0.25) is 0 Å². The third-order valence-corrected chi connectivity index (χ3v) is 4.32. The van der Waals surface area contributed by atoms with Crippen molar-refractivity contribution in [1.29, 1.82) is 0 Å². The number of hydrogen-bond acceptors (Lipinski definition) is 2. The lowest BCUT2D eigenvalue weighted by Gasteiger charge is -2.36. The van der Waals surface area contributed by atoms with Crippen LogP contribution in [0.5, 0.6) is 5.75 Å². The summed E-state index contributed by atoms with van der Waals surface area (Å²) < 4.78 is 12.1. The predicted octanol–water partition coefficient (Wildman–Crippen LogP) is 4.38. The second-order valence-corrected chi connectivity index (χ2v) is 5.77. The summed E-state index contributed by atoms with van der Waals surface area (Å²) in [6.45, 7) is 2.77. The van der Waals surface area contributed by atoms with Crippen molar-refractivity contribution in [2.45, 2.75) is 25.4 Å². The number of para-hydroxylation sites is 1. The molecule has 0 aliphatic carbocycles. The molecule has 0 fully saturated rings. The van der Waals surface area contributed by atoms with Crippen LogP contribution in [0.1, 0.15) is 30.4 Å². The fourth-order valence-corrected chi connectivity index (χ4v) is 3.32. The summed E-state index contributed by atoms with van der Waals surface area (Å²) in [4.78, 5) is 0. The molecule has 106 valence electrons. The van der Waals surface area contributed by atoms with Gasteiger partial charge in [0.2, 0.25) is 0 Å². The van der Waals surface area contributed by atoms with Crippen molar-refractivity contribution in [1.82, 2.24) is 0 Å². The van der Waals surface area contributed by atoms with Crippen LogP contribution >= 0.6 is 0 Å². The van der Waals surface area contributed by atoms with E-state index < -0.39 is 0 Å². The number of fused-ring (bicyclic) bond motifs is 2. The van der Waals surface area contributed by atoms with Crippen molar-refractivity contribution in [3.05, 3.63) is 71.3 Å². The molecule has 4 rings (SSSR count). The molecule has 0 aromatic heterocycles. The zero-order chi connectivity index (χ0) is 14.2. The molecule has 21 heavy (non-hydrogen) atoms. The first-order valence-corrected chi connectivity index (χ1v) is 7.50. The maximum atomic E-state index is 6.17. The van der Waals surface area contributed by atoms with Gasteiger partial charge in [0.25, 0.3) is 0 Å². The molecule has 0 N–H and O–H groups in total. The fraction of sp³-hybridized carbons (Fsp3) is 0.263. The Kier molecular flexibility index (Phi) is 2.95. The van der Waals surface area contributed by atoms with Crippen molar-refractivity contribution < 1.29 is 9.47 Å². The lowest BCUT2D eigenvalue weighted by Crippen LogP contribution is -2.27. The number of rotatable bonds is 1. The predicted molar refractivity (Wildman–Crippen MR) is 83.2 cm³/mol. The summed E-state index contributed by atoms with van der Waals surface area (Å²) in [5.74, 6) is 2.35. The molecule has 2 aromatic carbocycles. The van der Waals surface area contributed by atoms with Crippen LogP contribution in [0.15, 0.2) is 60.2 Å². The van der Waals surface area contributed by atoms with Gasteiger partial charge in [-0.1, -0.05) is 42.5 Å². The van der Waals surface area contributed by atoms with Crippen LogP contribution in [0.25, 0.3) is 5.76 Å². The van der Waals surface area contributed by atoms with Crippen molar-refractivity contribution in [3.8, 4) is 5.75 Å². The van der Waals surface area contributed by atoms with E-state index >= 15 is 0 Å². The summed E-state index contributed by atoms with van der Waals surface area (Å²) in [5.41, 5.74) is 3.72. The highest BCUT2D eigenvalue weighted by Gasteiger charge is 2.34. The van der Waals surface area contributed by atoms with Gasteiger partial charge in [-0.25, -0.2) is 0 Å². The summed E-state index contributed by atoms with van der Waals surface area (Å²) in [6.07, 6.45) is 1.23. The fourth-order valence-electron chi connectivity index (χ4n) is 3.32. The molecule has 0 saturated heterocycles. The molecule has 2 aliphatic rings. The van der Waals surface area contributed by atoms with E-state index in [1.165, 1.54) is 11.1 Å². The minimum Gasteiger partial charge on any atom is -0.490 e. The van der Waals surface area contributed by atoms with Gasteiger partial charge in [0.15, 0.2) is 0 Å². The Bertz CT molecular complexity index is 688. The molecule has 0 saturated carbocycles. The Morgan fingerprint density at radius 1 is 0.952 bits per heavy atom. The molecule has 2 heteroatoms. The molecule has 0 unspecified atom stereocenters. The zero-order valence-electron chi connectivity index (χ0n) is 12.1. The third-order valence-electron chi connectivity index (χ3n) is 4.32. The summed E-state index contributed by atoms with van der Waals surface area (Å²) in [5, 5.41) is 0. The Labute approximate surface area is 125 Å². The van der Waals surface area contributed by atoms with Gasteiger partial charge >= 0.3 is 0 Å². The lowest BCUT2D eigenvalue weighted by molar-refractivity contribution is 0.140. The van der Waals surface area contributed by atoms with Gasteiger partial charge in [0, 0.05) is 11.5 Å². The van der Waals surface area contributed by atoms with E-state index in [1.54, 1.807) is 0 Å². The van der Waals surface area contributed by atoms with Gasteiger partial charge in [0.1, 0.15) is 18.1 Å². The molecule has 2 nitrogen and oxygen atoms in total. The number of ether oxygens (including phenoxy) is 2. The van der Waals surface area contributed by atoms with Gasteiger partial charge < -0.3 is 9.47 Å². The second kappa shape index (κ2) is 4.96. The Morgan fingerprint density at radius 2 is 1.71 bits per heavy atom. The van der Waals surface area contributed by atoms with Crippen molar-refractivity contribution >= 4 is 5.76 Å². The van der Waals surface area contributed by atoms with E-state index in [0.717, 1.165) is 23.5 Å². The zero-order valence-corrected chi connectivity index (χ0v) is 12.1. The minimum atomic E-state index is 0.222. The van der Waals surface area contributed by atoms with E-state index in [0.29, 0.717) is 12.5 Å². The highest BCUT2D eigenvalue weighted by atomic mass is 16.5. The van der Waals surface area contributed by atoms with Gasteiger partial charge in [0.05, 0.1) is 11.7 Å². The molecular formula is C19H18O2. The molecule has 0 bridgehead atoms. The minimum absolute atomic E-state index is 0.222. The normalized spacial score (nSPS) is 23.7. The summed E-state index contributed by atoms with van der Waals surface area (Å²) in [6, 6.07) is 18.8. The van der Waals surface area contributed by atoms with Crippen molar-refractivity contribution in [3.63, 3.8) is 0 Å². The maximum absolute atomic E-state index is 6.17. The molecule has 2 atom stereocenters. The Balaban J connectivity index is 1.84. The van der Waals surface area contributed by atoms with E-state index in [9.17, 15) is 0 Å². The van der Waals surface area contributed by atoms with Gasteiger partial charge in [-0.05, 0) is 31.0 Å². The van der Waals surface area contributed by atoms with Gasteiger partial charge in [-0.3, -0.25) is 0 Å². The Hall–Kier alpha value is -2.22. The van der Waals surface area contributed by atoms with E-state index in [-0.39, 0.29) is 6.10 Å². The largest absolute Gasteiger partial charge is 0.490 e. The lowest BCUT2D eigenvalue weighted by atomic mass is 9.82. The highest BCUT2D eigenvalue weighted by Crippen LogP contribution is 2.45. The van der Waals surface area contributed by atoms with Crippen LogP contribution in [-0.4, -0.2) is 12.7 Å². The van der Waals surface area contributed by atoms with Crippen LogP contribution in [0.3, 0.4) is 0 Å². The standard InChI is InChI=1S/C19H18O2/c1-13-11-16(14-7-3-2-4-8-14)17-12-20-18-10-6-5-9-15(18)19(17)21-13/h2-10,13,16H,11-12H2,1H3/t13-,16+/m1/s1. The van der Waals surface area contributed by atoms with Crippen molar-refractivity contribution in [2.24, 2.45) is 0 Å². The quantitative estimate of drug-likeness (QED) is 0.770. The maximum Gasteiger partial charge on any atom is 0.133 e. The molecule has 0 spiro atoms. The van der Waals surface area contributed by atoms with Crippen LogP contribution < -0.4 is 4.74 Å². The van der Waals surface area contributed by atoms with Crippen LogP contribution in [0.4, 0.5) is 0 Å². The van der Waals surface area contributed by atoms with E-state index in [1.807, 2.05) is 18.2 Å². The second-order valence-electron chi connectivity index (χ2n) is 5.77. The molecular weight excluding hydrogens is 260 g/mol. The Morgan fingerprint density at radius 3 is 2.57 bits per heavy atom. The van der Waals surface area contributed by atoms with Gasteiger partial charge in [-0.2, -0.15) is 0 Å². The first kappa shape index (κ1) is 12.5. The molecule has 0 amide bonds. The van der Waals surface area contributed by atoms with E-state index in [4.69, 9.17) is 9.47 Å². The molecule has 2 aromatic rings. The van der Waals surface area contributed by atoms with Gasteiger partial charge in [-0.15, -0.1) is 0 Å². The third kappa shape index (κ3) is 2.11. The average molecular weight is 278 g/mol. The van der Waals surface area contributed by atoms with Crippen molar-refractivity contribution in [2.75, 3.05) is 6.61 Å². The summed E-state index contributed by atoms with van der Waals surface area (Å²) in [7, 11) is 0. The first-order valence-electron chi connectivity index (χ1n) is 7.50.